The van der Waals surface area contributed by atoms with E-state index >= 15 is 0 Å². The zero-order valence-electron chi connectivity index (χ0n) is 9.93. The van der Waals surface area contributed by atoms with E-state index in [1.165, 1.54) is 0 Å². The van der Waals surface area contributed by atoms with E-state index < -0.39 is 0 Å². The van der Waals surface area contributed by atoms with Crippen molar-refractivity contribution < 1.29 is 9.53 Å². The molecule has 0 unspecified atom stereocenters. The standard InChI is InChI=1S/C12H15N3O2/c1-3-15(2)12(16)14-10-6-4-5-7-11(10)17-9-8-13/h4-7H,3,9H2,1-2H3,(H,14,16). The number of carbonyl (C=O) groups excluding carboxylic acids is 1. The Balaban J connectivity index is 2.76. The topological polar surface area (TPSA) is 65.4 Å². The van der Waals surface area contributed by atoms with E-state index in [0.29, 0.717) is 18.0 Å². The van der Waals surface area contributed by atoms with Gasteiger partial charge >= 0.3 is 6.03 Å². The third kappa shape index (κ3) is 3.68. The predicted octanol–water partition coefficient (Wildman–Crippen LogP) is 2.07. The number of benzene rings is 1. The number of amides is 2. The molecule has 0 aliphatic rings. The fourth-order valence-electron chi connectivity index (χ4n) is 1.16. The first kappa shape index (κ1) is 12.8. The summed E-state index contributed by atoms with van der Waals surface area (Å²) in [6, 6.07) is 8.69. The molecule has 0 atom stereocenters. The monoisotopic (exact) mass is 233 g/mol. The number of anilines is 1. The Kier molecular flexibility index (Phi) is 4.82. The van der Waals surface area contributed by atoms with Crippen molar-refractivity contribution in [2.24, 2.45) is 0 Å². The van der Waals surface area contributed by atoms with E-state index in [1.807, 2.05) is 13.0 Å². The van der Waals surface area contributed by atoms with Crippen LogP contribution in [0.15, 0.2) is 24.3 Å². The van der Waals surface area contributed by atoms with Crippen molar-refractivity contribution in [2.75, 3.05) is 25.5 Å². The Morgan fingerprint density at radius 2 is 2.24 bits per heavy atom. The van der Waals surface area contributed by atoms with Crippen molar-refractivity contribution in [3.63, 3.8) is 0 Å². The molecule has 5 heteroatoms. The average Bonchev–Trinajstić information content (AvgIpc) is 2.36. The molecule has 0 saturated heterocycles. The molecule has 1 aromatic carbocycles. The van der Waals surface area contributed by atoms with Gasteiger partial charge in [0.1, 0.15) is 11.8 Å². The van der Waals surface area contributed by atoms with Crippen molar-refractivity contribution in [1.82, 2.24) is 4.90 Å². The highest BCUT2D eigenvalue weighted by Gasteiger charge is 2.09. The number of hydrogen-bond acceptors (Lipinski definition) is 3. The SMILES string of the molecule is CCN(C)C(=O)Nc1ccccc1OCC#N. The zero-order chi connectivity index (χ0) is 12.7. The largest absolute Gasteiger partial charge is 0.477 e. The molecule has 1 N–H and O–H groups in total. The van der Waals surface area contributed by atoms with Crippen molar-refractivity contribution in [1.29, 1.82) is 5.26 Å². The van der Waals surface area contributed by atoms with Crippen LogP contribution < -0.4 is 10.1 Å². The van der Waals surface area contributed by atoms with Gasteiger partial charge in [0.05, 0.1) is 5.69 Å². The lowest BCUT2D eigenvalue weighted by molar-refractivity contribution is 0.224. The van der Waals surface area contributed by atoms with Crippen LogP contribution >= 0.6 is 0 Å². The summed E-state index contributed by atoms with van der Waals surface area (Å²) in [4.78, 5) is 13.2. The van der Waals surface area contributed by atoms with E-state index in [9.17, 15) is 4.79 Å². The number of nitrogens with one attached hydrogen (secondary N) is 1. The molecular formula is C12H15N3O2. The fourth-order valence-corrected chi connectivity index (χ4v) is 1.16. The van der Waals surface area contributed by atoms with Crippen LogP contribution in [0.3, 0.4) is 0 Å². The van der Waals surface area contributed by atoms with Gasteiger partial charge in [0.2, 0.25) is 0 Å². The van der Waals surface area contributed by atoms with Crippen LogP contribution in [-0.2, 0) is 0 Å². The van der Waals surface area contributed by atoms with E-state index in [2.05, 4.69) is 5.32 Å². The molecule has 0 aliphatic carbocycles. The second-order valence-electron chi connectivity index (χ2n) is 3.39. The first-order valence-corrected chi connectivity index (χ1v) is 5.30. The van der Waals surface area contributed by atoms with Crippen LogP contribution in [0.1, 0.15) is 6.92 Å². The van der Waals surface area contributed by atoms with Gasteiger partial charge in [0.15, 0.2) is 6.61 Å². The van der Waals surface area contributed by atoms with Gasteiger partial charge in [0.25, 0.3) is 0 Å². The molecule has 0 heterocycles. The second-order valence-corrected chi connectivity index (χ2v) is 3.39. The van der Waals surface area contributed by atoms with Gasteiger partial charge < -0.3 is 15.0 Å². The summed E-state index contributed by atoms with van der Waals surface area (Å²) in [7, 11) is 1.70. The van der Waals surface area contributed by atoms with E-state index in [0.717, 1.165) is 0 Å². The van der Waals surface area contributed by atoms with Gasteiger partial charge in [-0.3, -0.25) is 0 Å². The van der Waals surface area contributed by atoms with Crippen LogP contribution in [-0.4, -0.2) is 31.1 Å². The van der Waals surface area contributed by atoms with Gasteiger partial charge in [-0.25, -0.2) is 4.79 Å². The van der Waals surface area contributed by atoms with Crippen molar-refractivity contribution in [3.8, 4) is 11.8 Å². The van der Waals surface area contributed by atoms with Gasteiger partial charge in [0, 0.05) is 13.6 Å². The maximum absolute atomic E-state index is 11.7. The summed E-state index contributed by atoms with van der Waals surface area (Å²) in [6.07, 6.45) is 0. The van der Waals surface area contributed by atoms with Crippen LogP contribution in [0.5, 0.6) is 5.75 Å². The maximum atomic E-state index is 11.7. The lowest BCUT2D eigenvalue weighted by Gasteiger charge is -2.17. The minimum absolute atomic E-state index is 0.0451. The summed E-state index contributed by atoms with van der Waals surface area (Å²) in [5.41, 5.74) is 0.563. The first-order valence-electron chi connectivity index (χ1n) is 5.30. The van der Waals surface area contributed by atoms with Gasteiger partial charge in [-0.1, -0.05) is 12.1 Å². The minimum atomic E-state index is -0.208. The molecule has 0 aromatic heterocycles. The van der Waals surface area contributed by atoms with Crippen LogP contribution in [0, 0.1) is 11.3 Å². The summed E-state index contributed by atoms with van der Waals surface area (Å²) in [5.74, 6) is 0.493. The quantitative estimate of drug-likeness (QED) is 0.865. The Labute approximate surface area is 101 Å². The number of urea groups is 1. The highest BCUT2D eigenvalue weighted by molar-refractivity contribution is 5.90. The maximum Gasteiger partial charge on any atom is 0.321 e. The number of rotatable bonds is 4. The molecule has 0 fully saturated rings. The fraction of sp³-hybridized carbons (Fsp3) is 0.333. The van der Waals surface area contributed by atoms with Crippen molar-refractivity contribution in [3.05, 3.63) is 24.3 Å². The van der Waals surface area contributed by atoms with Gasteiger partial charge in [-0.05, 0) is 19.1 Å². The molecule has 0 spiro atoms. The number of ether oxygens (including phenoxy) is 1. The Morgan fingerprint density at radius 1 is 1.53 bits per heavy atom. The Morgan fingerprint density at radius 3 is 2.88 bits per heavy atom. The third-order valence-electron chi connectivity index (χ3n) is 2.24. The van der Waals surface area contributed by atoms with E-state index in [1.54, 1.807) is 36.2 Å². The average molecular weight is 233 g/mol. The molecule has 5 nitrogen and oxygen atoms in total. The zero-order valence-corrected chi connectivity index (χ0v) is 9.93. The summed E-state index contributed by atoms with van der Waals surface area (Å²) in [5, 5.41) is 11.2. The minimum Gasteiger partial charge on any atom is -0.477 e. The Hall–Kier alpha value is -2.22. The molecule has 90 valence electrons. The van der Waals surface area contributed by atoms with Crippen LogP contribution in [0.25, 0.3) is 0 Å². The van der Waals surface area contributed by atoms with Gasteiger partial charge in [-0.2, -0.15) is 5.26 Å². The number of nitrogens with zero attached hydrogens (tertiary/aromatic N) is 2. The van der Waals surface area contributed by atoms with Gasteiger partial charge in [-0.15, -0.1) is 0 Å². The van der Waals surface area contributed by atoms with Crippen LogP contribution in [0.2, 0.25) is 0 Å². The van der Waals surface area contributed by atoms with Crippen molar-refractivity contribution in [2.45, 2.75) is 6.92 Å². The molecule has 1 aromatic rings. The lowest BCUT2D eigenvalue weighted by Crippen LogP contribution is -2.31. The number of nitriles is 1. The molecule has 0 radical (unpaired) electrons. The second kappa shape index (κ2) is 6.38. The molecule has 0 bridgehead atoms. The smallest absolute Gasteiger partial charge is 0.321 e. The number of hydrogen-bond donors (Lipinski definition) is 1. The summed E-state index contributed by atoms with van der Waals surface area (Å²) in [6.45, 7) is 2.46. The third-order valence-corrected chi connectivity index (χ3v) is 2.24. The molecule has 0 aliphatic heterocycles. The molecule has 0 saturated carbocycles. The Bertz CT molecular complexity index is 426. The van der Waals surface area contributed by atoms with Crippen molar-refractivity contribution >= 4 is 11.7 Å². The molecule has 1 rings (SSSR count). The highest BCUT2D eigenvalue weighted by atomic mass is 16.5. The first-order chi connectivity index (χ1) is 8.19. The predicted molar refractivity (Wildman–Crippen MR) is 64.9 cm³/mol. The molecule has 2 amide bonds. The lowest BCUT2D eigenvalue weighted by atomic mass is 10.3. The number of para-hydroxylation sites is 2. The van der Waals surface area contributed by atoms with E-state index in [-0.39, 0.29) is 12.6 Å². The normalized spacial score (nSPS) is 9.24. The number of carbonyl (C=O) groups is 1. The molecule has 17 heavy (non-hydrogen) atoms. The van der Waals surface area contributed by atoms with Crippen LogP contribution in [0.4, 0.5) is 10.5 Å². The van der Waals surface area contributed by atoms with E-state index in [4.69, 9.17) is 10.00 Å². The summed E-state index contributed by atoms with van der Waals surface area (Å²) < 4.78 is 5.21. The highest BCUT2D eigenvalue weighted by Crippen LogP contribution is 2.23. The summed E-state index contributed by atoms with van der Waals surface area (Å²) >= 11 is 0. The molecular weight excluding hydrogens is 218 g/mol.